The van der Waals surface area contributed by atoms with Crippen LogP contribution < -0.4 is 5.32 Å². The first-order valence-electron chi connectivity index (χ1n) is 5.69. The van der Waals surface area contributed by atoms with Gasteiger partial charge in [0.05, 0.1) is 5.57 Å². The molecular weight excluding hydrogens is 226 g/mol. The Hall–Kier alpha value is -2.34. The summed E-state index contributed by atoms with van der Waals surface area (Å²) in [5.74, 6) is 5.16. The van der Waals surface area contributed by atoms with Gasteiger partial charge in [-0.1, -0.05) is 30.2 Å². The fourth-order valence-electron chi connectivity index (χ4n) is 2.08. The van der Waals surface area contributed by atoms with Gasteiger partial charge in [0.15, 0.2) is 5.78 Å². The van der Waals surface area contributed by atoms with Gasteiger partial charge in [-0.05, 0) is 18.1 Å². The summed E-state index contributed by atoms with van der Waals surface area (Å²) in [6, 6.07) is 7.26. The van der Waals surface area contributed by atoms with E-state index in [1.165, 1.54) is 7.05 Å². The van der Waals surface area contributed by atoms with Crippen molar-refractivity contribution in [1.29, 1.82) is 0 Å². The second-order valence-electron chi connectivity index (χ2n) is 3.91. The van der Waals surface area contributed by atoms with Crippen LogP contribution in [0.2, 0.25) is 0 Å². The molecule has 3 nitrogen and oxygen atoms in total. The molecule has 1 aromatic rings. The van der Waals surface area contributed by atoms with Crippen molar-refractivity contribution in [2.45, 2.75) is 13.3 Å². The highest BCUT2D eigenvalue weighted by molar-refractivity contribution is 6.34. The van der Waals surface area contributed by atoms with Gasteiger partial charge in [-0.2, -0.15) is 0 Å². The smallest absolute Gasteiger partial charge is 0.255 e. The van der Waals surface area contributed by atoms with Crippen molar-refractivity contribution in [3.05, 3.63) is 41.0 Å². The van der Waals surface area contributed by atoms with Crippen LogP contribution in [0.15, 0.2) is 29.8 Å². The minimum Gasteiger partial charge on any atom is -0.355 e. The minimum atomic E-state index is -0.343. The van der Waals surface area contributed by atoms with E-state index in [0.717, 1.165) is 11.1 Å². The van der Waals surface area contributed by atoms with Crippen molar-refractivity contribution in [1.82, 2.24) is 5.32 Å². The molecule has 0 radical (unpaired) electrons. The number of Topliss-reactive ketones (excluding diaryl/α,β-unsaturated/α-hetero) is 1. The third-order valence-electron chi connectivity index (χ3n) is 2.92. The molecule has 18 heavy (non-hydrogen) atoms. The van der Waals surface area contributed by atoms with Gasteiger partial charge >= 0.3 is 0 Å². The lowest BCUT2D eigenvalue weighted by molar-refractivity contribution is -0.116. The van der Waals surface area contributed by atoms with E-state index in [0.29, 0.717) is 12.0 Å². The summed E-state index contributed by atoms with van der Waals surface area (Å²) in [6.45, 7) is 1.74. The molecule has 3 heteroatoms. The molecular formula is C15H13NO2. The topological polar surface area (TPSA) is 46.2 Å². The Balaban J connectivity index is 2.60. The standard InChI is InChI=1S/C15H13NO2/c1-3-4-7-11-10-8-5-6-9-12(10)14(17)13(11)15(18)16-2/h5-6,8-9H,7H2,1-2H3,(H,16,18). The molecule has 0 spiro atoms. The molecule has 0 aliphatic heterocycles. The average molecular weight is 239 g/mol. The van der Waals surface area contributed by atoms with Crippen LogP contribution in [0.3, 0.4) is 0 Å². The molecule has 0 aromatic heterocycles. The summed E-state index contributed by atoms with van der Waals surface area (Å²) in [5.41, 5.74) is 2.36. The van der Waals surface area contributed by atoms with Crippen molar-refractivity contribution >= 4 is 17.3 Å². The molecule has 2 rings (SSSR count). The molecule has 1 aliphatic carbocycles. The van der Waals surface area contributed by atoms with E-state index in [4.69, 9.17) is 0 Å². The summed E-state index contributed by atoms with van der Waals surface area (Å²) < 4.78 is 0. The molecule has 0 fully saturated rings. The molecule has 0 saturated carbocycles. The highest BCUT2D eigenvalue weighted by Gasteiger charge is 2.32. The van der Waals surface area contributed by atoms with Crippen molar-refractivity contribution < 1.29 is 9.59 Å². The molecule has 1 amide bonds. The average Bonchev–Trinajstić information content (AvgIpc) is 2.69. The minimum absolute atomic E-state index is 0.210. The zero-order valence-electron chi connectivity index (χ0n) is 10.3. The largest absolute Gasteiger partial charge is 0.355 e. The van der Waals surface area contributed by atoms with Crippen LogP contribution in [0.1, 0.15) is 29.3 Å². The van der Waals surface area contributed by atoms with Gasteiger partial charge in [0.2, 0.25) is 0 Å². The van der Waals surface area contributed by atoms with E-state index >= 15 is 0 Å². The Bertz CT molecular complexity index is 615. The number of hydrogen-bond donors (Lipinski definition) is 1. The summed E-state index contributed by atoms with van der Waals surface area (Å²) in [4.78, 5) is 24.0. The number of ketones is 1. The Labute approximate surface area is 106 Å². The van der Waals surface area contributed by atoms with E-state index in [1.807, 2.05) is 12.1 Å². The van der Waals surface area contributed by atoms with Crippen LogP contribution in [-0.4, -0.2) is 18.7 Å². The normalized spacial score (nSPS) is 12.9. The van der Waals surface area contributed by atoms with Crippen molar-refractivity contribution in [2.75, 3.05) is 7.05 Å². The summed E-state index contributed by atoms with van der Waals surface area (Å²) in [6.07, 6.45) is 0.419. The number of benzene rings is 1. The monoisotopic (exact) mass is 239 g/mol. The summed E-state index contributed by atoms with van der Waals surface area (Å²) >= 11 is 0. The lowest BCUT2D eigenvalue weighted by atomic mass is 10.0. The summed E-state index contributed by atoms with van der Waals surface area (Å²) in [7, 11) is 1.52. The van der Waals surface area contributed by atoms with Crippen LogP contribution in [0.25, 0.3) is 5.57 Å². The first-order chi connectivity index (χ1) is 8.70. The van der Waals surface area contributed by atoms with Gasteiger partial charge in [0.1, 0.15) is 0 Å². The Kier molecular flexibility index (Phi) is 3.29. The number of likely N-dealkylation sites (N-methyl/N-ethyl adjacent to an activating group) is 1. The van der Waals surface area contributed by atoms with Crippen molar-refractivity contribution in [2.24, 2.45) is 0 Å². The van der Waals surface area contributed by atoms with Gasteiger partial charge in [0.25, 0.3) is 5.91 Å². The Morgan fingerprint density at radius 2 is 1.94 bits per heavy atom. The van der Waals surface area contributed by atoms with E-state index in [-0.39, 0.29) is 17.3 Å². The third kappa shape index (κ3) is 1.82. The number of carbonyl (C=O) groups is 2. The van der Waals surface area contributed by atoms with Gasteiger partial charge in [-0.3, -0.25) is 9.59 Å². The zero-order valence-corrected chi connectivity index (χ0v) is 10.3. The van der Waals surface area contributed by atoms with Crippen LogP contribution in [0.4, 0.5) is 0 Å². The van der Waals surface area contributed by atoms with Crippen LogP contribution >= 0.6 is 0 Å². The number of nitrogens with one attached hydrogen (secondary N) is 1. The summed E-state index contributed by atoms with van der Waals surface area (Å²) in [5, 5.41) is 2.51. The number of fused-ring (bicyclic) bond motifs is 1. The molecule has 90 valence electrons. The van der Waals surface area contributed by atoms with E-state index in [2.05, 4.69) is 17.2 Å². The molecule has 1 aromatic carbocycles. The number of allylic oxidation sites excluding steroid dienone is 1. The van der Waals surface area contributed by atoms with Crippen LogP contribution in [0.5, 0.6) is 0 Å². The second-order valence-corrected chi connectivity index (χ2v) is 3.91. The fourth-order valence-corrected chi connectivity index (χ4v) is 2.08. The SMILES string of the molecule is CC#CCC1=C(C(=O)NC)C(=O)c2ccccc21. The van der Waals surface area contributed by atoms with Crippen molar-refractivity contribution in [3.63, 3.8) is 0 Å². The predicted molar refractivity (Wildman–Crippen MR) is 69.8 cm³/mol. The number of rotatable bonds is 2. The van der Waals surface area contributed by atoms with E-state index in [9.17, 15) is 9.59 Å². The lowest BCUT2D eigenvalue weighted by Crippen LogP contribution is -2.23. The van der Waals surface area contributed by atoms with Crippen LogP contribution in [-0.2, 0) is 4.79 Å². The third-order valence-corrected chi connectivity index (χ3v) is 2.92. The van der Waals surface area contributed by atoms with Crippen LogP contribution in [0, 0.1) is 11.8 Å². The van der Waals surface area contributed by atoms with Gasteiger partial charge in [-0.25, -0.2) is 0 Å². The Morgan fingerprint density at radius 3 is 2.56 bits per heavy atom. The Morgan fingerprint density at radius 1 is 1.28 bits per heavy atom. The van der Waals surface area contributed by atoms with E-state index in [1.54, 1.807) is 19.1 Å². The quantitative estimate of drug-likeness (QED) is 0.632. The lowest BCUT2D eigenvalue weighted by Gasteiger charge is -2.02. The van der Waals surface area contributed by atoms with Crippen molar-refractivity contribution in [3.8, 4) is 11.8 Å². The first kappa shape index (κ1) is 12.1. The highest BCUT2D eigenvalue weighted by atomic mass is 16.2. The maximum Gasteiger partial charge on any atom is 0.255 e. The first-order valence-corrected chi connectivity index (χ1v) is 5.69. The molecule has 1 N–H and O–H groups in total. The van der Waals surface area contributed by atoms with Gasteiger partial charge in [0, 0.05) is 19.0 Å². The number of carbonyl (C=O) groups excluding carboxylic acids is 2. The molecule has 0 heterocycles. The molecule has 0 atom stereocenters. The predicted octanol–water partition coefficient (Wildman–Crippen LogP) is 1.80. The van der Waals surface area contributed by atoms with Gasteiger partial charge < -0.3 is 5.32 Å². The number of hydrogen-bond acceptors (Lipinski definition) is 2. The number of amides is 1. The van der Waals surface area contributed by atoms with E-state index < -0.39 is 0 Å². The molecule has 0 bridgehead atoms. The molecule has 0 unspecified atom stereocenters. The molecule has 1 aliphatic rings. The second kappa shape index (κ2) is 4.89. The highest BCUT2D eigenvalue weighted by Crippen LogP contribution is 2.34. The van der Waals surface area contributed by atoms with Gasteiger partial charge in [-0.15, -0.1) is 5.92 Å². The zero-order chi connectivity index (χ0) is 13.1. The maximum absolute atomic E-state index is 12.2. The maximum atomic E-state index is 12.2. The molecule has 0 saturated heterocycles. The fraction of sp³-hybridized carbons (Fsp3) is 0.200.